The van der Waals surface area contributed by atoms with Gasteiger partial charge in [-0.3, -0.25) is 4.79 Å². The molecule has 0 radical (unpaired) electrons. The third kappa shape index (κ3) is 2.17. The van der Waals surface area contributed by atoms with Gasteiger partial charge in [0.2, 0.25) is 5.91 Å². The van der Waals surface area contributed by atoms with Gasteiger partial charge < -0.3 is 21.1 Å². The van der Waals surface area contributed by atoms with Crippen LogP contribution < -0.4 is 11.5 Å². The molecule has 1 aliphatic heterocycles. The first-order valence-electron chi connectivity index (χ1n) is 5.51. The highest BCUT2D eigenvalue weighted by Crippen LogP contribution is 2.28. The molecular formula is C9H15N5O4S. The van der Waals surface area contributed by atoms with Crippen LogP contribution in [0, 0.1) is 0 Å². The average molecular weight is 289 g/mol. The van der Waals surface area contributed by atoms with Gasteiger partial charge in [0, 0.05) is 20.0 Å². The molecular weight excluding hydrogens is 274 g/mol. The van der Waals surface area contributed by atoms with Crippen molar-refractivity contribution in [3.05, 3.63) is 6.33 Å². The largest absolute Gasteiger partial charge is 0.392 e. The Hall–Kier alpha value is -1.65. The number of β-amino-alcohol motifs (C(OH)–C–C–N with tert-alkyl or cyclic N) is 1. The molecule has 1 aromatic heterocycles. The lowest BCUT2D eigenvalue weighted by Crippen LogP contribution is -2.44. The first kappa shape index (κ1) is 13.8. The van der Waals surface area contributed by atoms with Gasteiger partial charge in [-0.05, 0) is 0 Å². The summed E-state index contributed by atoms with van der Waals surface area (Å²) >= 11 is 0. The smallest absolute Gasteiger partial charge is 0.263 e. The molecule has 1 fully saturated rings. The maximum absolute atomic E-state index is 12.5. The van der Waals surface area contributed by atoms with E-state index in [4.69, 9.17) is 11.5 Å². The SMILES string of the molecule is Cn1cnc(N)c1S(=O)(=O)N1CC(O)CC1C(N)=O. The number of nitrogens with zero attached hydrogens (tertiary/aromatic N) is 3. The summed E-state index contributed by atoms with van der Waals surface area (Å²) in [4.78, 5) is 15.0. The van der Waals surface area contributed by atoms with Gasteiger partial charge in [0.25, 0.3) is 10.0 Å². The fraction of sp³-hybridized carbons (Fsp3) is 0.556. The number of amides is 1. The zero-order valence-electron chi connectivity index (χ0n) is 10.2. The Labute approximate surface area is 109 Å². The van der Waals surface area contributed by atoms with Crippen molar-refractivity contribution in [2.45, 2.75) is 23.6 Å². The maximum Gasteiger partial charge on any atom is 0.263 e. The lowest BCUT2D eigenvalue weighted by atomic mass is 10.2. The molecule has 106 valence electrons. The van der Waals surface area contributed by atoms with Crippen LogP contribution in [0.15, 0.2) is 11.4 Å². The van der Waals surface area contributed by atoms with Crippen molar-refractivity contribution in [1.29, 1.82) is 0 Å². The lowest BCUT2D eigenvalue weighted by Gasteiger charge is -2.21. The van der Waals surface area contributed by atoms with Crippen LogP contribution in [-0.2, 0) is 21.9 Å². The molecule has 1 amide bonds. The summed E-state index contributed by atoms with van der Waals surface area (Å²) in [6.07, 6.45) is 0.307. The Kier molecular flexibility index (Phi) is 3.24. The van der Waals surface area contributed by atoms with Gasteiger partial charge in [-0.2, -0.15) is 4.31 Å². The Morgan fingerprint density at radius 1 is 1.58 bits per heavy atom. The molecule has 0 aromatic carbocycles. The maximum atomic E-state index is 12.5. The molecule has 0 saturated carbocycles. The minimum atomic E-state index is -4.04. The third-order valence-corrected chi connectivity index (χ3v) is 5.03. The number of carbonyl (C=O) groups excluding carboxylic acids is 1. The van der Waals surface area contributed by atoms with Crippen molar-refractivity contribution < 1.29 is 18.3 Å². The summed E-state index contributed by atoms with van der Waals surface area (Å²) in [5, 5.41) is 9.34. The van der Waals surface area contributed by atoms with Gasteiger partial charge in [-0.1, -0.05) is 0 Å². The molecule has 1 aliphatic rings. The van der Waals surface area contributed by atoms with Crippen LogP contribution in [0.4, 0.5) is 5.82 Å². The second-order valence-electron chi connectivity index (χ2n) is 4.43. The van der Waals surface area contributed by atoms with Crippen molar-refractivity contribution in [2.75, 3.05) is 12.3 Å². The molecule has 2 atom stereocenters. The quantitative estimate of drug-likeness (QED) is 0.566. The standard InChI is InChI=1S/C9H15N5O4S/c1-13-4-12-7(10)9(13)19(17,18)14-3-5(15)2-6(14)8(11)16/h4-6,15H,2-3,10H2,1H3,(H2,11,16). The van der Waals surface area contributed by atoms with Crippen LogP contribution in [-0.4, -0.2) is 52.0 Å². The van der Waals surface area contributed by atoms with E-state index in [1.54, 1.807) is 0 Å². The van der Waals surface area contributed by atoms with Crippen molar-refractivity contribution in [3.8, 4) is 0 Å². The third-order valence-electron chi connectivity index (χ3n) is 3.02. The van der Waals surface area contributed by atoms with E-state index in [-0.39, 0.29) is 23.8 Å². The number of aryl methyl sites for hydroxylation is 1. The summed E-state index contributed by atoms with van der Waals surface area (Å²) in [7, 11) is -2.56. The number of nitrogens with two attached hydrogens (primary N) is 2. The van der Waals surface area contributed by atoms with Crippen molar-refractivity contribution >= 4 is 21.7 Å². The monoisotopic (exact) mass is 289 g/mol. The highest BCUT2D eigenvalue weighted by atomic mass is 32.2. The van der Waals surface area contributed by atoms with Crippen LogP contribution in [0.2, 0.25) is 0 Å². The second kappa shape index (κ2) is 4.47. The second-order valence-corrected chi connectivity index (χ2v) is 6.23. The van der Waals surface area contributed by atoms with E-state index in [0.717, 1.165) is 4.31 Å². The van der Waals surface area contributed by atoms with E-state index in [2.05, 4.69) is 4.98 Å². The normalized spacial score (nSPS) is 24.7. The number of aliphatic hydroxyl groups excluding tert-OH is 1. The van der Waals surface area contributed by atoms with E-state index in [1.165, 1.54) is 17.9 Å². The Bertz CT molecular complexity index is 591. The van der Waals surface area contributed by atoms with Crippen LogP contribution in [0.1, 0.15) is 6.42 Å². The van der Waals surface area contributed by atoms with E-state index in [0.29, 0.717) is 0 Å². The molecule has 10 heteroatoms. The number of aliphatic hydroxyl groups is 1. The summed E-state index contributed by atoms with van der Waals surface area (Å²) < 4.78 is 27.0. The number of hydrogen-bond donors (Lipinski definition) is 3. The van der Waals surface area contributed by atoms with Crippen molar-refractivity contribution in [2.24, 2.45) is 12.8 Å². The fourth-order valence-electron chi connectivity index (χ4n) is 2.17. The van der Waals surface area contributed by atoms with Gasteiger partial charge in [0.05, 0.1) is 12.4 Å². The van der Waals surface area contributed by atoms with Crippen molar-refractivity contribution in [3.63, 3.8) is 0 Å². The molecule has 1 aromatic rings. The van der Waals surface area contributed by atoms with Crippen molar-refractivity contribution in [1.82, 2.24) is 13.9 Å². The molecule has 0 bridgehead atoms. The molecule has 0 aliphatic carbocycles. The molecule has 1 saturated heterocycles. The average Bonchev–Trinajstić information content (AvgIpc) is 2.83. The predicted molar refractivity (Wildman–Crippen MR) is 65.1 cm³/mol. The van der Waals surface area contributed by atoms with E-state index >= 15 is 0 Å². The molecule has 2 unspecified atom stereocenters. The lowest BCUT2D eigenvalue weighted by molar-refractivity contribution is -0.121. The highest BCUT2D eigenvalue weighted by molar-refractivity contribution is 7.89. The fourth-order valence-corrected chi connectivity index (χ4v) is 4.01. The Morgan fingerprint density at radius 2 is 2.21 bits per heavy atom. The molecule has 9 nitrogen and oxygen atoms in total. The molecule has 19 heavy (non-hydrogen) atoms. The van der Waals surface area contributed by atoms with Gasteiger partial charge in [-0.15, -0.1) is 0 Å². The number of rotatable bonds is 3. The van der Waals surface area contributed by atoms with Crippen LogP contribution in [0.25, 0.3) is 0 Å². The minimum absolute atomic E-state index is 0.0215. The van der Waals surface area contributed by atoms with E-state index < -0.39 is 28.1 Å². The van der Waals surface area contributed by atoms with Gasteiger partial charge in [0.1, 0.15) is 6.04 Å². The predicted octanol–water partition coefficient (Wildman–Crippen LogP) is -2.39. The minimum Gasteiger partial charge on any atom is -0.392 e. The Balaban J connectivity index is 2.48. The van der Waals surface area contributed by atoms with Gasteiger partial charge >= 0.3 is 0 Å². The molecule has 0 spiro atoms. The summed E-state index contributed by atoms with van der Waals surface area (Å²) in [6, 6.07) is -1.07. The number of nitrogen functional groups attached to an aromatic ring is 1. The number of imidazole rings is 1. The summed E-state index contributed by atoms with van der Waals surface area (Å²) in [5.41, 5.74) is 10.7. The number of hydrogen-bond acceptors (Lipinski definition) is 6. The molecule has 2 heterocycles. The van der Waals surface area contributed by atoms with Gasteiger partial charge in [-0.25, -0.2) is 13.4 Å². The highest BCUT2D eigenvalue weighted by Gasteiger charge is 2.44. The number of sulfonamides is 1. The summed E-state index contributed by atoms with van der Waals surface area (Å²) in [6.45, 7) is -0.194. The number of primary amides is 1. The number of carbonyl (C=O) groups is 1. The zero-order valence-corrected chi connectivity index (χ0v) is 11.0. The number of anilines is 1. The van der Waals surface area contributed by atoms with Crippen LogP contribution in [0.3, 0.4) is 0 Å². The topological polar surface area (TPSA) is 145 Å². The van der Waals surface area contributed by atoms with Gasteiger partial charge in [0.15, 0.2) is 10.8 Å². The van der Waals surface area contributed by atoms with E-state index in [9.17, 15) is 18.3 Å². The molecule has 5 N–H and O–H groups in total. The Morgan fingerprint density at radius 3 is 2.68 bits per heavy atom. The van der Waals surface area contributed by atoms with E-state index in [1.807, 2.05) is 0 Å². The summed E-state index contributed by atoms with van der Waals surface area (Å²) in [5.74, 6) is -0.965. The molecule has 2 rings (SSSR count). The zero-order chi connectivity index (χ0) is 14.4. The first-order valence-corrected chi connectivity index (χ1v) is 6.95. The number of aromatic nitrogens is 2. The van der Waals surface area contributed by atoms with Crippen LogP contribution in [0.5, 0.6) is 0 Å². The van der Waals surface area contributed by atoms with Crippen LogP contribution >= 0.6 is 0 Å². The first-order chi connectivity index (χ1) is 8.75.